The number of ether oxygens (including phenoxy) is 2. The van der Waals surface area contributed by atoms with Crippen molar-refractivity contribution >= 4 is 0 Å². The Morgan fingerprint density at radius 1 is 1.04 bits per heavy atom. The van der Waals surface area contributed by atoms with E-state index in [1.807, 2.05) is 18.2 Å². The topological polar surface area (TPSA) is 21.7 Å². The van der Waals surface area contributed by atoms with Crippen molar-refractivity contribution in [2.45, 2.75) is 31.6 Å². The second-order valence-electron chi connectivity index (χ2n) is 6.18. The Bertz CT molecular complexity index is 597. The van der Waals surface area contributed by atoms with Gasteiger partial charge in [-0.1, -0.05) is 42.5 Å². The van der Waals surface area contributed by atoms with Gasteiger partial charge < -0.3 is 9.47 Å². The number of likely N-dealkylation sites (N-methyl/N-ethyl adjacent to an activating group) is 1. The van der Waals surface area contributed by atoms with Crippen LogP contribution >= 0.6 is 0 Å². The number of hydrogen-bond acceptors (Lipinski definition) is 3. The molecule has 23 heavy (non-hydrogen) atoms. The first-order valence-electron chi connectivity index (χ1n) is 8.27. The third-order valence-corrected chi connectivity index (χ3v) is 4.59. The Hall–Kier alpha value is -1.84. The van der Waals surface area contributed by atoms with E-state index in [9.17, 15) is 0 Å². The van der Waals surface area contributed by atoms with Crippen molar-refractivity contribution in [1.29, 1.82) is 0 Å². The summed E-state index contributed by atoms with van der Waals surface area (Å²) < 4.78 is 11.6. The summed E-state index contributed by atoms with van der Waals surface area (Å²) in [5.41, 5.74) is 2.53. The standard InChI is InChI=1S/C20H25NO2/c1-21-14-6-9-19(23-15-16-7-4-3-5-8-16)20(21)17-10-12-18(22-2)13-11-17/h3-5,7-8,10-13,19-20H,6,9,14-15H2,1-2H3/t19-,20+/m0/s1. The molecule has 0 amide bonds. The lowest BCUT2D eigenvalue weighted by atomic mass is 9.92. The summed E-state index contributed by atoms with van der Waals surface area (Å²) >= 11 is 0. The van der Waals surface area contributed by atoms with Gasteiger partial charge in [0.1, 0.15) is 5.75 Å². The van der Waals surface area contributed by atoms with Crippen LogP contribution in [0.4, 0.5) is 0 Å². The largest absolute Gasteiger partial charge is 0.497 e. The highest BCUT2D eigenvalue weighted by molar-refractivity contribution is 5.30. The molecule has 0 saturated carbocycles. The van der Waals surface area contributed by atoms with Gasteiger partial charge >= 0.3 is 0 Å². The summed E-state index contributed by atoms with van der Waals surface area (Å²) in [4.78, 5) is 2.40. The van der Waals surface area contributed by atoms with Crippen molar-refractivity contribution in [3.8, 4) is 5.75 Å². The predicted molar refractivity (Wildman–Crippen MR) is 92.6 cm³/mol. The van der Waals surface area contributed by atoms with E-state index >= 15 is 0 Å². The number of methoxy groups -OCH3 is 1. The van der Waals surface area contributed by atoms with Crippen LogP contribution in [0.3, 0.4) is 0 Å². The lowest BCUT2D eigenvalue weighted by molar-refractivity contribution is -0.0444. The monoisotopic (exact) mass is 311 g/mol. The van der Waals surface area contributed by atoms with Crippen LogP contribution in [0.2, 0.25) is 0 Å². The Kier molecular flexibility index (Phi) is 5.31. The molecule has 0 bridgehead atoms. The lowest BCUT2D eigenvalue weighted by Crippen LogP contribution is -2.40. The van der Waals surface area contributed by atoms with Gasteiger partial charge in [0.15, 0.2) is 0 Å². The van der Waals surface area contributed by atoms with Crippen molar-refractivity contribution in [3.05, 3.63) is 65.7 Å². The molecular formula is C20H25NO2. The number of likely N-dealkylation sites (tertiary alicyclic amines) is 1. The van der Waals surface area contributed by atoms with Gasteiger partial charge in [-0.2, -0.15) is 0 Å². The van der Waals surface area contributed by atoms with E-state index in [2.05, 4.69) is 48.3 Å². The van der Waals surface area contributed by atoms with Gasteiger partial charge in [0.2, 0.25) is 0 Å². The average molecular weight is 311 g/mol. The summed E-state index contributed by atoms with van der Waals surface area (Å²) in [6.07, 6.45) is 2.51. The Morgan fingerprint density at radius 3 is 2.48 bits per heavy atom. The second kappa shape index (κ2) is 7.62. The zero-order valence-corrected chi connectivity index (χ0v) is 13.9. The molecule has 0 radical (unpaired) electrons. The van der Waals surface area contributed by atoms with E-state index in [0.29, 0.717) is 12.6 Å². The number of benzene rings is 2. The molecule has 1 heterocycles. The number of rotatable bonds is 5. The summed E-state index contributed by atoms with van der Waals surface area (Å²) in [5.74, 6) is 0.897. The van der Waals surface area contributed by atoms with Crippen LogP contribution in [-0.4, -0.2) is 31.7 Å². The van der Waals surface area contributed by atoms with Crippen molar-refractivity contribution < 1.29 is 9.47 Å². The highest BCUT2D eigenvalue weighted by Gasteiger charge is 2.31. The Morgan fingerprint density at radius 2 is 1.78 bits per heavy atom. The third-order valence-electron chi connectivity index (χ3n) is 4.59. The molecule has 0 N–H and O–H groups in total. The molecule has 1 fully saturated rings. The van der Waals surface area contributed by atoms with Crippen LogP contribution in [0, 0.1) is 0 Å². The minimum absolute atomic E-state index is 0.224. The minimum atomic E-state index is 0.224. The van der Waals surface area contributed by atoms with Gasteiger partial charge in [-0.15, -0.1) is 0 Å². The fourth-order valence-electron chi connectivity index (χ4n) is 3.34. The molecule has 1 saturated heterocycles. The molecule has 0 aliphatic carbocycles. The van der Waals surface area contributed by atoms with E-state index in [-0.39, 0.29) is 6.10 Å². The Labute approximate surface area is 138 Å². The molecule has 2 aromatic rings. The van der Waals surface area contributed by atoms with E-state index in [0.717, 1.165) is 18.7 Å². The Balaban J connectivity index is 1.73. The summed E-state index contributed by atoms with van der Waals surface area (Å²) in [5, 5.41) is 0. The van der Waals surface area contributed by atoms with Crippen molar-refractivity contribution in [2.75, 3.05) is 20.7 Å². The molecular weight excluding hydrogens is 286 g/mol. The van der Waals surface area contributed by atoms with Gasteiger partial charge in [0.25, 0.3) is 0 Å². The maximum atomic E-state index is 6.29. The molecule has 0 aromatic heterocycles. The zero-order chi connectivity index (χ0) is 16.1. The van der Waals surface area contributed by atoms with Crippen molar-refractivity contribution in [2.24, 2.45) is 0 Å². The molecule has 2 atom stereocenters. The van der Waals surface area contributed by atoms with Gasteiger partial charge in [0.05, 0.1) is 25.9 Å². The highest BCUT2D eigenvalue weighted by atomic mass is 16.5. The summed E-state index contributed by atoms with van der Waals surface area (Å²) in [6, 6.07) is 19.1. The maximum Gasteiger partial charge on any atom is 0.118 e. The molecule has 1 aliphatic rings. The number of hydrogen-bond donors (Lipinski definition) is 0. The molecule has 3 heteroatoms. The molecule has 1 aliphatic heterocycles. The van der Waals surface area contributed by atoms with E-state index < -0.39 is 0 Å². The van der Waals surface area contributed by atoms with Crippen LogP contribution in [0.25, 0.3) is 0 Å². The predicted octanol–water partition coefficient (Wildman–Crippen LogP) is 4.05. The summed E-state index contributed by atoms with van der Waals surface area (Å²) in [6.45, 7) is 1.79. The zero-order valence-electron chi connectivity index (χ0n) is 13.9. The number of piperidine rings is 1. The third kappa shape index (κ3) is 3.92. The minimum Gasteiger partial charge on any atom is -0.497 e. The van der Waals surface area contributed by atoms with Crippen molar-refractivity contribution in [3.63, 3.8) is 0 Å². The van der Waals surface area contributed by atoms with E-state index in [1.54, 1.807) is 7.11 Å². The first-order valence-corrected chi connectivity index (χ1v) is 8.27. The summed E-state index contributed by atoms with van der Waals surface area (Å²) in [7, 11) is 3.89. The highest BCUT2D eigenvalue weighted by Crippen LogP contribution is 2.33. The first kappa shape index (κ1) is 16.0. The molecule has 0 spiro atoms. The van der Waals surface area contributed by atoms with Crippen LogP contribution in [0.1, 0.15) is 30.0 Å². The van der Waals surface area contributed by atoms with Gasteiger partial charge in [-0.05, 0) is 49.7 Å². The van der Waals surface area contributed by atoms with Crippen LogP contribution in [-0.2, 0) is 11.3 Å². The quantitative estimate of drug-likeness (QED) is 0.831. The maximum absolute atomic E-state index is 6.29. The molecule has 122 valence electrons. The van der Waals surface area contributed by atoms with E-state index in [4.69, 9.17) is 9.47 Å². The average Bonchev–Trinajstić information content (AvgIpc) is 2.61. The molecule has 2 aromatic carbocycles. The normalized spacial score (nSPS) is 22.0. The fourth-order valence-corrected chi connectivity index (χ4v) is 3.34. The SMILES string of the molecule is COc1ccc([C@@H]2[C@@H](OCc3ccccc3)CCCN2C)cc1. The van der Waals surface area contributed by atoms with Crippen LogP contribution < -0.4 is 4.74 Å². The van der Waals surface area contributed by atoms with Crippen LogP contribution in [0.5, 0.6) is 5.75 Å². The molecule has 3 nitrogen and oxygen atoms in total. The lowest BCUT2D eigenvalue weighted by Gasteiger charge is -2.39. The molecule has 0 unspecified atom stereocenters. The second-order valence-corrected chi connectivity index (χ2v) is 6.18. The number of nitrogens with zero attached hydrogens (tertiary/aromatic N) is 1. The van der Waals surface area contributed by atoms with Gasteiger partial charge in [-0.3, -0.25) is 4.90 Å². The fraction of sp³-hybridized carbons (Fsp3) is 0.400. The van der Waals surface area contributed by atoms with Gasteiger partial charge in [0, 0.05) is 0 Å². The van der Waals surface area contributed by atoms with Crippen LogP contribution in [0.15, 0.2) is 54.6 Å². The smallest absolute Gasteiger partial charge is 0.118 e. The van der Waals surface area contributed by atoms with Crippen molar-refractivity contribution in [1.82, 2.24) is 4.90 Å². The van der Waals surface area contributed by atoms with E-state index in [1.165, 1.54) is 17.5 Å². The van der Waals surface area contributed by atoms with Gasteiger partial charge in [-0.25, -0.2) is 0 Å². The first-order chi connectivity index (χ1) is 11.3. The molecule has 3 rings (SSSR count).